The van der Waals surface area contributed by atoms with Crippen molar-refractivity contribution in [3.8, 4) is 0 Å². The number of nitrogens with zero attached hydrogens (tertiary/aromatic N) is 4. The van der Waals surface area contributed by atoms with Crippen LogP contribution in [0.3, 0.4) is 0 Å². The van der Waals surface area contributed by atoms with Gasteiger partial charge < -0.3 is 15.2 Å². The third kappa shape index (κ3) is 6.13. The van der Waals surface area contributed by atoms with Crippen LogP contribution < -0.4 is 5.32 Å². The zero-order chi connectivity index (χ0) is 25.7. The van der Waals surface area contributed by atoms with Crippen molar-refractivity contribution in [3.05, 3.63) is 66.4 Å². The Morgan fingerprint density at radius 3 is 2.64 bits per heavy atom. The Balaban J connectivity index is 1.34. The van der Waals surface area contributed by atoms with Crippen LogP contribution in [0.25, 0.3) is 5.57 Å². The van der Waals surface area contributed by atoms with Gasteiger partial charge in [0.25, 0.3) is 0 Å². The maximum atomic E-state index is 13.5. The molecule has 7 heteroatoms. The van der Waals surface area contributed by atoms with Crippen molar-refractivity contribution in [1.82, 2.24) is 19.9 Å². The van der Waals surface area contributed by atoms with Crippen LogP contribution in [0.15, 0.2) is 60.7 Å². The molecule has 3 atom stereocenters. The molecule has 3 aliphatic rings. The molecular formula is C29H40FN5O. The van der Waals surface area contributed by atoms with E-state index in [0.717, 1.165) is 24.2 Å². The Hall–Kier alpha value is -2.77. The van der Waals surface area contributed by atoms with Crippen LogP contribution in [-0.4, -0.2) is 64.6 Å². The molecule has 1 aromatic rings. The number of hydrazine groups is 1. The van der Waals surface area contributed by atoms with Gasteiger partial charge in [-0.15, -0.1) is 0 Å². The number of aromatic nitrogens is 1. The number of hydrogen-bond acceptors (Lipinski definition) is 5. The topological polar surface area (TPSA) is 51.7 Å². The Morgan fingerprint density at radius 1 is 1.22 bits per heavy atom. The fourth-order valence-corrected chi connectivity index (χ4v) is 5.80. The van der Waals surface area contributed by atoms with Crippen LogP contribution in [0, 0.1) is 5.92 Å². The van der Waals surface area contributed by atoms with E-state index in [9.17, 15) is 9.18 Å². The van der Waals surface area contributed by atoms with Crippen molar-refractivity contribution in [2.75, 3.05) is 32.0 Å². The monoisotopic (exact) mass is 493 g/mol. The van der Waals surface area contributed by atoms with Gasteiger partial charge in [-0.3, -0.25) is 9.78 Å². The summed E-state index contributed by atoms with van der Waals surface area (Å²) in [5, 5.41) is 7.09. The van der Waals surface area contributed by atoms with E-state index < -0.39 is 0 Å². The van der Waals surface area contributed by atoms with Crippen LogP contribution in [-0.2, 0) is 4.79 Å². The number of allylic oxidation sites excluding steroid dienone is 6. The van der Waals surface area contributed by atoms with Gasteiger partial charge in [-0.2, -0.15) is 0 Å². The average Bonchev–Trinajstić information content (AvgIpc) is 3.21. The zero-order valence-electron chi connectivity index (χ0n) is 21.9. The first-order valence-electron chi connectivity index (χ1n) is 13.2. The summed E-state index contributed by atoms with van der Waals surface area (Å²) in [5.74, 6) is -0.646. The molecule has 36 heavy (non-hydrogen) atoms. The van der Waals surface area contributed by atoms with Crippen LogP contribution in [0.4, 0.5) is 10.1 Å². The van der Waals surface area contributed by atoms with Crippen LogP contribution >= 0.6 is 0 Å². The second-order valence-electron chi connectivity index (χ2n) is 10.3. The molecule has 6 nitrogen and oxygen atoms in total. The smallest absolute Gasteiger partial charge is 0.231 e. The Labute approximate surface area is 215 Å². The molecular weight excluding hydrogens is 453 g/mol. The normalized spacial score (nSPS) is 26.6. The van der Waals surface area contributed by atoms with Gasteiger partial charge >= 0.3 is 0 Å². The summed E-state index contributed by atoms with van der Waals surface area (Å²) in [6.45, 7) is 10.4. The molecule has 3 unspecified atom stereocenters. The SMILES string of the molecule is C=C/C(F)=C\C=C(/C)N1C(C)C(C(=O)Nc2ccc(C3=CCC(N4CCCCC4)CC3)nc2)CN1C. The molecule has 0 bridgehead atoms. The zero-order valence-corrected chi connectivity index (χ0v) is 21.9. The predicted molar refractivity (Wildman–Crippen MR) is 144 cm³/mol. The molecule has 4 rings (SSSR count). The van der Waals surface area contributed by atoms with Gasteiger partial charge in [0.1, 0.15) is 5.83 Å². The molecule has 1 amide bonds. The highest BCUT2D eigenvalue weighted by Gasteiger charge is 2.39. The number of hydrogen-bond donors (Lipinski definition) is 1. The lowest BCUT2D eigenvalue weighted by molar-refractivity contribution is -0.119. The highest BCUT2D eigenvalue weighted by Crippen LogP contribution is 2.31. The van der Waals surface area contributed by atoms with Crippen molar-refractivity contribution in [1.29, 1.82) is 0 Å². The van der Waals surface area contributed by atoms with E-state index in [2.05, 4.69) is 27.9 Å². The van der Waals surface area contributed by atoms with E-state index >= 15 is 0 Å². The van der Waals surface area contributed by atoms with E-state index in [-0.39, 0.29) is 23.7 Å². The number of piperidine rings is 1. The molecule has 3 heterocycles. The van der Waals surface area contributed by atoms with E-state index in [1.54, 1.807) is 12.3 Å². The molecule has 194 valence electrons. The van der Waals surface area contributed by atoms with Crippen molar-refractivity contribution >= 4 is 17.2 Å². The van der Waals surface area contributed by atoms with E-state index in [1.165, 1.54) is 56.5 Å². The van der Waals surface area contributed by atoms with Crippen molar-refractivity contribution in [3.63, 3.8) is 0 Å². The molecule has 0 aromatic carbocycles. The highest BCUT2D eigenvalue weighted by molar-refractivity contribution is 5.93. The first-order valence-corrected chi connectivity index (χ1v) is 13.2. The summed E-state index contributed by atoms with van der Waals surface area (Å²) >= 11 is 0. The maximum Gasteiger partial charge on any atom is 0.231 e. The Morgan fingerprint density at radius 2 is 2.00 bits per heavy atom. The van der Waals surface area contributed by atoms with E-state index in [0.29, 0.717) is 18.3 Å². The number of likely N-dealkylation sites (tertiary alicyclic amines) is 1. The van der Waals surface area contributed by atoms with Crippen LogP contribution in [0.1, 0.15) is 58.1 Å². The number of nitrogens with one attached hydrogen (secondary N) is 1. The minimum atomic E-state index is -0.389. The standard InChI is InChI=1S/C29H40FN5O/c1-5-24(30)12-9-21(2)35-22(3)27(20-33(35)4)29(36)32-25-13-16-28(31-19-25)23-10-14-26(15-11-23)34-17-7-6-8-18-34/h5,9-10,12-13,16,19,22,26-27H,1,6-8,11,14-15,17-18,20H2,2-4H3,(H,32,36)/b21-9+,24-12+. The van der Waals surface area contributed by atoms with Gasteiger partial charge in [-0.25, -0.2) is 9.40 Å². The Bertz CT molecular complexity index is 1020. The molecule has 0 saturated carbocycles. The average molecular weight is 494 g/mol. The number of carbonyl (C=O) groups is 1. The largest absolute Gasteiger partial charge is 0.324 e. The summed E-state index contributed by atoms with van der Waals surface area (Å²) in [5.41, 5.74) is 3.90. The second-order valence-corrected chi connectivity index (χ2v) is 10.3. The lowest BCUT2D eigenvalue weighted by Gasteiger charge is -2.36. The highest BCUT2D eigenvalue weighted by atomic mass is 19.1. The first kappa shape index (κ1) is 26.3. The molecule has 1 N–H and O–H groups in total. The summed E-state index contributed by atoms with van der Waals surface area (Å²) < 4.78 is 13.5. The van der Waals surface area contributed by atoms with Gasteiger partial charge in [0.2, 0.25) is 5.91 Å². The first-order chi connectivity index (χ1) is 17.4. The van der Waals surface area contributed by atoms with Crippen molar-refractivity contribution in [2.24, 2.45) is 5.92 Å². The number of amides is 1. The van der Waals surface area contributed by atoms with Gasteiger partial charge in [0.15, 0.2) is 0 Å². The molecule has 1 aromatic heterocycles. The van der Waals surface area contributed by atoms with E-state index in [4.69, 9.17) is 0 Å². The molecule has 2 saturated heterocycles. The third-order valence-corrected chi connectivity index (χ3v) is 7.82. The van der Waals surface area contributed by atoms with Crippen molar-refractivity contribution in [2.45, 2.75) is 64.5 Å². The Kier molecular flexibility index (Phi) is 8.75. The fraction of sp³-hybridized carbons (Fsp3) is 0.517. The van der Waals surface area contributed by atoms with E-state index in [1.807, 2.05) is 43.0 Å². The molecule has 2 fully saturated rings. The van der Waals surface area contributed by atoms with Crippen molar-refractivity contribution < 1.29 is 9.18 Å². The lowest BCUT2D eigenvalue weighted by Crippen LogP contribution is -2.39. The third-order valence-electron chi connectivity index (χ3n) is 7.82. The van der Waals surface area contributed by atoms with Gasteiger partial charge in [0.05, 0.1) is 29.5 Å². The summed E-state index contributed by atoms with van der Waals surface area (Å²) in [7, 11) is 1.94. The van der Waals surface area contributed by atoms with Crippen LogP contribution in [0.5, 0.6) is 0 Å². The number of rotatable bonds is 7. The van der Waals surface area contributed by atoms with Crippen LogP contribution in [0.2, 0.25) is 0 Å². The van der Waals surface area contributed by atoms with Gasteiger partial charge in [0, 0.05) is 25.3 Å². The lowest BCUT2D eigenvalue weighted by atomic mass is 9.91. The minimum Gasteiger partial charge on any atom is -0.324 e. The summed E-state index contributed by atoms with van der Waals surface area (Å²) in [6.07, 6.45) is 15.8. The minimum absolute atomic E-state index is 0.0340. The second kappa shape index (κ2) is 12.0. The molecule has 2 aliphatic heterocycles. The molecule has 0 spiro atoms. The number of carbonyl (C=O) groups excluding carboxylic acids is 1. The number of anilines is 1. The van der Waals surface area contributed by atoms with Gasteiger partial charge in [-0.05, 0) is 95.0 Å². The number of halogens is 1. The van der Waals surface area contributed by atoms with Gasteiger partial charge in [-0.1, -0.05) is 19.1 Å². The fourth-order valence-electron chi connectivity index (χ4n) is 5.80. The molecule has 1 aliphatic carbocycles. The maximum absolute atomic E-state index is 13.5. The summed E-state index contributed by atoms with van der Waals surface area (Å²) in [6, 6.07) is 4.59. The quantitative estimate of drug-likeness (QED) is 0.505. The predicted octanol–water partition coefficient (Wildman–Crippen LogP) is 5.55. The summed E-state index contributed by atoms with van der Waals surface area (Å²) in [4.78, 5) is 20.4. The molecule has 0 radical (unpaired) electrons. The number of pyridine rings is 1.